The topological polar surface area (TPSA) is 130 Å². The lowest BCUT2D eigenvalue weighted by Gasteiger charge is -2.46. The smallest absolute Gasteiger partial charge is 0.366 e. The van der Waals surface area contributed by atoms with Crippen molar-refractivity contribution in [2.45, 2.75) is 63.3 Å². The Morgan fingerprint density at radius 1 is 1.16 bits per heavy atom. The highest BCUT2D eigenvalue weighted by atomic mass is 16.7. The number of carbonyl (C=O) groups excluding carboxylic acids is 4. The second kappa shape index (κ2) is 16.3. The zero-order chi connectivity index (χ0) is 31.2. The van der Waals surface area contributed by atoms with Crippen molar-refractivity contribution in [3.63, 3.8) is 0 Å². The Labute approximate surface area is 251 Å². The van der Waals surface area contributed by atoms with E-state index in [1.807, 2.05) is 30.3 Å². The Hall–Kier alpha value is -4.40. The Bertz CT molecular complexity index is 1260. The van der Waals surface area contributed by atoms with Gasteiger partial charge in [0.2, 0.25) is 12.3 Å². The summed E-state index contributed by atoms with van der Waals surface area (Å²) in [5, 5.41) is 2.83. The lowest BCUT2D eigenvalue weighted by atomic mass is 9.90. The minimum absolute atomic E-state index is 0.0577. The van der Waals surface area contributed by atoms with Crippen molar-refractivity contribution in [2.24, 2.45) is 0 Å². The lowest BCUT2D eigenvalue weighted by Crippen LogP contribution is -2.61. The Morgan fingerprint density at radius 2 is 1.88 bits per heavy atom. The first-order chi connectivity index (χ1) is 20.7. The highest BCUT2D eigenvalue weighted by molar-refractivity contribution is 5.79. The van der Waals surface area contributed by atoms with Crippen molar-refractivity contribution in [3.05, 3.63) is 65.7 Å². The first-order valence-electron chi connectivity index (χ1n) is 13.9. The molecule has 1 aliphatic rings. The van der Waals surface area contributed by atoms with E-state index in [4.69, 9.17) is 30.1 Å². The summed E-state index contributed by atoms with van der Waals surface area (Å²) in [5.74, 6) is -0.383. The average Bonchev–Trinajstić information content (AvgIpc) is 3.02. The van der Waals surface area contributed by atoms with Crippen LogP contribution in [0.2, 0.25) is 0 Å². The maximum absolute atomic E-state index is 13.1. The molecule has 43 heavy (non-hydrogen) atoms. The minimum atomic E-state index is -1.80. The number of carbonyl (C=O) groups is 4. The average molecular weight is 595 g/mol. The van der Waals surface area contributed by atoms with E-state index in [9.17, 15) is 19.2 Å². The third-order valence-electron chi connectivity index (χ3n) is 7.02. The number of hydrogen-bond donors (Lipinski definition) is 1. The molecule has 1 heterocycles. The summed E-state index contributed by atoms with van der Waals surface area (Å²) in [6, 6.07) is 15.7. The minimum Gasteiger partial charge on any atom is -0.481 e. The molecule has 0 bridgehead atoms. The maximum Gasteiger partial charge on any atom is 0.366 e. The molecule has 2 aromatic carbocycles. The van der Waals surface area contributed by atoms with E-state index in [1.165, 1.54) is 18.9 Å². The number of methoxy groups -OCH3 is 1. The van der Waals surface area contributed by atoms with Crippen molar-refractivity contribution >= 4 is 24.3 Å². The quantitative estimate of drug-likeness (QED) is 0.188. The normalized spacial score (nSPS) is 20.1. The number of esters is 2. The van der Waals surface area contributed by atoms with Crippen molar-refractivity contribution in [1.29, 1.82) is 0 Å². The van der Waals surface area contributed by atoms with E-state index in [1.54, 1.807) is 31.3 Å². The van der Waals surface area contributed by atoms with Crippen LogP contribution in [-0.4, -0.2) is 80.5 Å². The van der Waals surface area contributed by atoms with Crippen LogP contribution in [0.5, 0.6) is 5.75 Å². The molecule has 3 rings (SSSR count). The number of hydrogen-bond acceptors (Lipinski definition) is 9. The number of nitrogens with zero attached hydrogens (tertiary/aromatic N) is 1. The van der Waals surface area contributed by atoms with E-state index in [2.05, 4.69) is 11.2 Å². The van der Waals surface area contributed by atoms with Gasteiger partial charge in [0.05, 0.1) is 26.2 Å². The molecule has 2 unspecified atom stereocenters. The summed E-state index contributed by atoms with van der Waals surface area (Å²) < 4.78 is 28.4. The molecular formula is C32H38N2O9. The van der Waals surface area contributed by atoms with Gasteiger partial charge in [0.1, 0.15) is 24.6 Å². The highest BCUT2D eigenvalue weighted by Crippen LogP contribution is 2.36. The molecule has 1 fully saturated rings. The maximum atomic E-state index is 13.1. The van der Waals surface area contributed by atoms with Gasteiger partial charge in [-0.15, -0.1) is 6.42 Å². The van der Waals surface area contributed by atoms with Gasteiger partial charge >= 0.3 is 11.9 Å². The standard InChI is InChI=1S/C32H38N2O9/c1-5-19-40-26-13-11-24(12-14-26)20-29(37)33-18-16-28(42-23(2)36)30-27(34(3)22-35)15-17-32(43-30,31(38)39-4)41-21-25-9-7-6-8-10-25/h1,6-14,22,27-28,30H,15-21H2,2-4H3,(H,33,37)/t27?,28?,30-,32-/m1/s1. The third kappa shape index (κ3) is 9.56. The summed E-state index contributed by atoms with van der Waals surface area (Å²) in [5.41, 5.74) is 1.58. The molecule has 1 saturated heterocycles. The third-order valence-corrected chi connectivity index (χ3v) is 7.02. The van der Waals surface area contributed by atoms with Gasteiger partial charge in [-0.2, -0.15) is 0 Å². The molecule has 2 aromatic rings. The second-order valence-corrected chi connectivity index (χ2v) is 10.1. The molecule has 11 nitrogen and oxygen atoms in total. The van der Waals surface area contributed by atoms with Crippen LogP contribution in [0.1, 0.15) is 37.3 Å². The highest BCUT2D eigenvalue weighted by Gasteiger charge is 2.53. The Morgan fingerprint density at radius 3 is 2.51 bits per heavy atom. The Balaban J connectivity index is 1.73. The predicted molar refractivity (Wildman–Crippen MR) is 155 cm³/mol. The van der Waals surface area contributed by atoms with E-state index in [0.717, 1.165) is 11.1 Å². The van der Waals surface area contributed by atoms with Gasteiger partial charge in [-0.1, -0.05) is 48.4 Å². The van der Waals surface area contributed by atoms with Crippen LogP contribution >= 0.6 is 0 Å². The van der Waals surface area contributed by atoms with Gasteiger partial charge in [0, 0.05) is 33.4 Å². The number of ether oxygens (including phenoxy) is 5. The van der Waals surface area contributed by atoms with Crippen LogP contribution in [0.15, 0.2) is 54.6 Å². The molecule has 11 heteroatoms. The van der Waals surface area contributed by atoms with Crippen molar-refractivity contribution in [1.82, 2.24) is 10.2 Å². The predicted octanol–water partition coefficient (Wildman–Crippen LogP) is 2.40. The zero-order valence-corrected chi connectivity index (χ0v) is 24.7. The van der Waals surface area contributed by atoms with Gasteiger partial charge in [-0.25, -0.2) is 4.79 Å². The summed E-state index contributed by atoms with van der Waals surface area (Å²) >= 11 is 0. The number of nitrogens with one attached hydrogen (secondary N) is 1. The molecular weight excluding hydrogens is 556 g/mol. The Kier molecular flexibility index (Phi) is 12.5. The lowest BCUT2D eigenvalue weighted by molar-refractivity contribution is -0.302. The molecule has 0 aromatic heterocycles. The van der Waals surface area contributed by atoms with E-state index in [0.29, 0.717) is 18.6 Å². The summed E-state index contributed by atoms with van der Waals surface area (Å²) in [7, 11) is 2.81. The van der Waals surface area contributed by atoms with Crippen LogP contribution in [-0.2, 0) is 51.2 Å². The molecule has 230 valence electrons. The van der Waals surface area contributed by atoms with Crippen molar-refractivity contribution in [2.75, 3.05) is 27.3 Å². The fourth-order valence-corrected chi connectivity index (χ4v) is 4.88. The van der Waals surface area contributed by atoms with Gasteiger partial charge < -0.3 is 33.9 Å². The largest absolute Gasteiger partial charge is 0.481 e. The fraction of sp³-hybridized carbons (Fsp3) is 0.438. The number of amides is 2. The van der Waals surface area contributed by atoms with E-state index in [-0.39, 0.29) is 44.9 Å². The molecule has 0 radical (unpaired) electrons. The van der Waals surface area contributed by atoms with Gasteiger partial charge in [0.25, 0.3) is 5.79 Å². The first kappa shape index (κ1) is 33.1. The summed E-state index contributed by atoms with van der Waals surface area (Å²) in [6.07, 6.45) is 4.62. The molecule has 2 amide bonds. The van der Waals surface area contributed by atoms with Gasteiger partial charge in [0.15, 0.2) is 0 Å². The van der Waals surface area contributed by atoms with Crippen LogP contribution < -0.4 is 10.1 Å². The van der Waals surface area contributed by atoms with Crippen molar-refractivity contribution < 1.29 is 42.9 Å². The molecule has 0 aliphatic carbocycles. The summed E-state index contributed by atoms with van der Waals surface area (Å²) in [6.45, 7) is 1.59. The molecule has 4 atom stereocenters. The number of terminal acetylenes is 1. The van der Waals surface area contributed by atoms with Crippen LogP contribution in [0, 0.1) is 12.3 Å². The monoisotopic (exact) mass is 594 g/mol. The second-order valence-electron chi connectivity index (χ2n) is 10.1. The van der Waals surface area contributed by atoms with E-state index < -0.39 is 36.0 Å². The molecule has 0 spiro atoms. The van der Waals surface area contributed by atoms with Crippen LogP contribution in [0.3, 0.4) is 0 Å². The summed E-state index contributed by atoms with van der Waals surface area (Å²) in [4.78, 5) is 51.1. The fourth-order valence-electron chi connectivity index (χ4n) is 4.88. The van der Waals surface area contributed by atoms with E-state index >= 15 is 0 Å². The SMILES string of the molecule is C#CCOc1ccc(CC(=O)NCCC(OC(C)=O)[C@@H]2O[C@@](OCc3ccccc3)(C(=O)OC)CCC2N(C)C=O)cc1. The molecule has 0 saturated carbocycles. The number of benzene rings is 2. The van der Waals surface area contributed by atoms with Crippen LogP contribution in [0.25, 0.3) is 0 Å². The van der Waals surface area contributed by atoms with Gasteiger partial charge in [-0.3, -0.25) is 14.4 Å². The zero-order valence-electron chi connectivity index (χ0n) is 24.7. The molecule has 1 N–H and O–H groups in total. The van der Waals surface area contributed by atoms with Crippen molar-refractivity contribution in [3.8, 4) is 18.1 Å². The van der Waals surface area contributed by atoms with Gasteiger partial charge in [-0.05, 0) is 29.7 Å². The molecule has 1 aliphatic heterocycles. The van der Waals surface area contributed by atoms with Crippen LogP contribution in [0.4, 0.5) is 0 Å². The first-order valence-corrected chi connectivity index (χ1v) is 13.9. The number of likely N-dealkylation sites (N-methyl/N-ethyl adjacent to an activating group) is 1. The number of rotatable bonds is 15.